The number of carbonyl (C=O) groups is 2. The van der Waals surface area contributed by atoms with Crippen molar-refractivity contribution in [2.75, 3.05) is 12.4 Å². The number of benzene rings is 2. The standard InChI is InChI=1S/C27H27N5O5/c1-15(2)24(31-27(35)36)25(33)30-19-9-11-23(28-14-19)32-26(34)21-10-8-17(12-18(21)13-29-32)20-6-5-7-22(37-4)16(20)3/h5-15,24,31H,1-4H3,(H,30,33)(H,35,36). The molecule has 37 heavy (non-hydrogen) atoms. The molecular weight excluding hydrogens is 474 g/mol. The number of hydrogen-bond donors (Lipinski definition) is 3. The number of hydrogen-bond acceptors (Lipinski definition) is 6. The summed E-state index contributed by atoms with van der Waals surface area (Å²) in [6.07, 6.45) is 1.71. The van der Waals surface area contributed by atoms with E-state index in [2.05, 4.69) is 20.7 Å². The Morgan fingerprint density at radius 2 is 1.86 bits per heavy atom. The first-order valence-electron chi connectivity index (χ1n) is 11.6. The molecule has 2 aromatic carbocycles. The minimum absolute atomic E-state index is 0.253. The Morgan fingerprint density at radius 1 is 1.08 bits per heavy atom. The third kappa shape index (κ3) is 5.27. The fourth-order valence-electron chi connectivity index (χ4n) is 4.10. The van der Waals surface area contributed by atoms with Gasteiger partial charge in [-0.2, -0.15) is 9.78 Å². The molecule has 10 nitrogen and oxygen atoms in total. The van der Waals surface area contributed by atoms with Crippen LogP contribution in [0.3, 0.4) is 0 Å². The van der Waals surface area contributed by atoms with Gasteiger partial charge in [0.05, 0.1) is 30.6 Å². The van der Waals surface area contributed by atoms with E-state index in [9.17, 15) is 14.4 Å². The van der Waals surface area contributed by atoms with E-state index in [-0.39, 0.29) is 17.3 Å². The molecule has 2 heterocycles. The summed E-state index contributed by atoms with van der Waals surface area (Å²) in [6.45, 7) is 5.46. The Bertz CT molecular complexity index is 1530. The molecule has 0 spiro atoms. The van der Waals surface area contributed by atoms with Gasteiger partial charge < -0.3 is 20.5 Å². The monoisotopic (exact) mass is 501 g/mol. The molecule has 10 heteroatoms. The van der Waals surface area contributed by atoms with Gasteiger partial charge in [-0.05, 0) is 59.9 Å². The predicted molar refractivity (Wildman–Crippen MR) is 140 cm³/mol. The zero-order valence-corrected chi connectivity index (χ0v) is 20.9. The van der Waals surface area contributed by atoms with Crippen LogP contribution in [0.2, 0.25) is 0 Å². The van der Waals surface area contributed by atoms with Crippen LogP contribution in [0, 0.1) is 12.8 Å². The Labute approximate surface area is 212 Å². The number of carboxylic acid groups (broad SMARTS) is 1. The van der Waals surface area contributed by atoms with Gasteiger partial charge in [-0.15, -0.1) is 0 Å². The van der Waals surface area contributed by atoms with Crippen molar-refractivity contribution in [3.05, 3.63) is 76.8 Å². The number of methoxy groups -OCH3 is 1. The van der Waals surface area contributed by atoms with Gasteiger partial charge in [0, 0.05) is 5.39 Å². The first-order chi connectivity index (χ1) is 17.7. The van der Waals surface area contributed by atoms with Gasteiger partial charge in [-0.1, -0.05) is 32.0 Å². The third-order valence-corrected chi connectivity index (χ3v) is 6.06. The quantitative estimate of drug-likeness (QED) is 0.348. The summed E-state index contributed by atoms with van der Waals surface area (Å²) in [5.41, 5.74) is 2.97. The number of carbonyl (C=O) groups excluding carboxylic acids is 1. The summed E-state index contributed by atoms with van der Waals surface area (Å²) in [7, 11) is 1.63. The molecule has 3 N–H and O–H groups in total. The lowest BCUT2D eigenvalue weighted by Crippen LogP contribution is -2.46. The summed E-state index contributed by atoms with van der Waals surface area (Å²) >= 11 is 0. The molecule has 0 saturated carbocycles. The number of amides is 2. The van der Waals surface area contributed by atoms with Crippen molar-refractivity contribution in [1.82, 2.24) is 20.1 Å². The van der Waals surface area contributed by atoms with Crippen LogP contribution in [0.15, 0.2) is 65.7 Å². The Balaban J connectivity index is 1.60. The smallest absolute Gasteiger partial charge is 0.405 e. The van der Waals surface area contributed by atoms with Crippen molar-refractivity contribution in [2.45, 2.75) is 26.8 Å². The lowest BCUT2D eigenvalue weighted by Gasteiger charge is -2.20. The summed E-state index contributed by atoms with van der Waals surface area (Å²) in [5, 5.41) is 19.3. The largest absolute Gasteiger partial charge is 0.496 e. The normalized spacial score (nSPS) is 11.8. The number of nitrogens with zero attached hydrogens (tertiary/aromatic N) is 3. The molecule has 0 aliphatic heterocycles. The molecule has 0 aliphatic rings. The second kappa shape index (κ2) is 10.5. The molecule has 4 aromatic rings. The molecule has 4 rings (SSSR count). The molecule has 0 saturated heterocycles. The van der Waals surface area contributed by atoms with Crippen LogP contribution >= 0.6 is 0 Å². The van der Waals surface area contributed by atoms with Crippen molar-refractivity contribution in [3.8, 4) is 22.7 Å². The zero-order valence-electron chi connectivity index (χ0n) is 20.9. The summed E-state index contributed by atoms with van der Waals surface area (Å²) in [5.74, 6) is 0.309. The van der Waals surface area contributed by atoms with Crippen LogP contribution < -0.4 is 20.9 Å². The van der Waals surface area contributed by atoms with Gasteiger partial charge in [-0.25, -0.2) is 9.78 Å². The van der Waals surface area contributed by atoms with Crippen LogP contribution in [0.1, 0.15) is 19.4 Å². The first kappa shape index (κ1) is 25.4. The summed E-state index contributed by atoms with van der Waals surface area (Å²) < 4.78 is 6.61. The Hall–Kier alpha value is -4.73. The lowest BCUT2D eigenvalue weighted by atomic mass is 9.98. The molecule has 0 radical (unpaired) electrons. The van der Waals surface area contributed by atoms with Crippen LogP contribution in [-0.4, -0.2) is 45.0 Å². The number of anilines is 1. The number of rotatable bonds is 7. The molecule has 1 atom stereocenters. The molecule has 2 amide bonds. The number of pyridine rings is 1. The molecule has 2 aromatic heterocycles. The lowest BCUT2D eigenvalue weighted by molar-refractivity contribution is -0.119. The van der Waals surface area contributed by atoms with Crippen LogP contribution in [0.5, 0.6) is 5.75 Å². The fourth-order valence-corrected chi connectivity index (χ4v) is 4.10. The van der Waals surface area contributed by atoms with Crippen molar-refractivity contribution in [2.24, 2.45) is 5.92 Å². The minimum atomic E-state index is -1.28. The maximum absolute atomic E-state index is 13.2. The SMILES string of the molecule is COc1cccc(-c2ccc3c(=O)n(-c4ccc(NC(=O)C(NC(=O)O)C(C)C)cn4)ncc3c2)c1C. The Kier molecular flexibility index (Phi) is 7.19. The molecule has 190 valence electrons. The van der Waals surface area contributed by atoms with E-state index in [0.29, 0.717) is 16.5 Å². The van der Waals surface area contributed by atoms with E-state index in [1.54, 1.807) is 45.4 Å². The van der Waals surface area contributed by atoms with E-state index in [0.717, 1.165) is 22.4 Å². The third-order valence-electron chi connectivity index (χ3n) is 6.06. The van der Waals surface area contributed by atoms with Crippen molar-refractivity contribution in [3.63, 3.8) is 0 Å². The topological polar surface area (TPSA) is 135 Å². The number of ether oxygens (including phenoxy) is 1. The van der Waals surface area contributed by atoms with Crippen LogP contribution in [-0.2, 0) is 4.79 Å². The maximum atomic E-state index is 13.2. The highest BCUT2D eigenvalue weighted by Gasteiger charge is 2.24. The van der Waals surface area contributed by atoms with Crippen molar-refractivity contribution < 1.29 is 19.4 Å². The van der Waals surface area contributed by atoms with E-state index >= 15 is 0 Å². The predicted octanol–water partition coefficient (Wildman–Crippen LogP) is 4.00. The van der Waals surface area contributed by atoms with Crippen molar-refractivity contribution in [1.29, 1.82) is 0 Å². The molecular formula is C27H27N5O5. The number of fused-ring (bicyclic) bond motifs is 1. The molecule has 0 aliphatic carbocycles. The summed E-state index contributed by atoms with van der Waals surface area (Å²) in [4.78, 5) is 40.9. The highest BCUT2D eigenvalue weighted by molar-refractivity contribution is 5.96. The zero-order chi connectivity index (χ0) is 26.7. The molecule has 1 unspecified atom stereocenters. The average molecular weight is 502 g/mol. The van der Waals surface area contributed by atoms with E-state index in [1.165, 1.54) is 10.9 Å². The number of nitrogens with one attached hydrogen (secondary N) is 2. The summed E-state index contributed by atoms with van der Waals surface area (Å²) in [6, 6.07) is 13.6. The van der Waals surface area contributed by atoms with Crippen molar-refractivity contribution >= 4 is 28.5 Å². The van der Waals surface area contributed by atoms with Gasteiger partial charge in [0.1, 0.15) is 11.8 Å². The molecule has 0 fully saturated rings. The molecule has 0 bridgehead atoms. The Morgan fingerprint density at radius 3 is 2.51 bits per heavy atom. The maximum Gasteiger partial charge on any atom is 0.405 e. The second-order valence-electron chi connectivity index (χ2n) is 8.86. The van der Waals surface area contributed by atoms with E-state index in [1.807, 2.05) is 37.3 Å². The van der Waals surface area contributed by atoms with Crippen LogP contribution in [0.25, 0.3) is 27.7 Å². The van der Waals surface area contributed by atoms with Gasteiger partial charge in [-0.3, -0.25) is 9.59 Å². The van der Waals surface area contributed by atoms with E-state index < -0.39 is 18.0 Å². The number of aromatic nitrogens is 3. The van der Waals surface area contributed by atoms with Gasteiger partial charge in [0.25, 0.3) is 5.56 Å². The minimum Gasteiger partial charge on any atom is -0.496 e. The van der Waals surface area contributed by atoms with Crippen LogP contribution in [0.4, 0.5) is 10.5 Å². The van der Waals surface area contributed by atoms with Gasteiger partial charge >= 0.3 is 6.09 Å². The average Bonchev–Trinajstić information content (AvgIpc) is 2.88. The highest BCUT2D eigenvalue weighted by atomic mass is 16.5. The fraction of sp³-hybridized carbons (Fsp3) is 0.222. The first-order valence-corrected chi connectivity index (χ1v) is 11.6. The highest BCUT2D eigenvalue weighted by Crippen LogP contribution is 2.31. The second-order valence-corrected chi connectivity index (χ2v) is 8.86. The van der Waals surface area contributed by atoms with E-state index in [4.69, 9.17) is 9.84 Å². The van der Waals surface area contributed by atoms with Gasteiger partial charge in [0.2, 0.25) is 5.91 Å². The van der Waals surface area contributed by atoms with Gasteiger partial charge in [0.15, 0.2) is 5.82 Å².